The quantitative estimate of drug-likeness (QED) is 0.606. The molecule has 2 aromatic rings. The van der Waals surface area contributed by atoms with Gasteiger partial charge >= 0.3 is 0 Å². The lowest BCUT2D eigenvalue weighted by Gasteiger charge is -2.15. The number of non-ortho nitro benzene ring substituents is 1. The summed E-state index contributed by atoms with van der Waals surface area (Å²) in [5.74, 6) is -0.0426. The van der Waals surface area contributed by atoms with Crippen molar-refractivity contribution in [3.05, 3.63) is 64.2 Å². The molecule has 0 aromatic heterocycles. The first-order chi connectivity index (χ1) is 12.3. The van der Waals surface area contributed by atoms with Gasteiger partial charge in [-0.25, -0.2) is 0 Å². The molecule has 0 aliphatic carbocycles. The van der Waals surface area contributed by atoms with E-state index >= 15 is 0 Å². The Morgan fingerprint density at radius 3 is 2.50 bits per heavy atom. The zero-order valence-corrected chi connectivity index (χ0v) is 14.5. The number of anilines is 1. The number of carbonyl (C=O) groups is 2. The second-order valence-electron chi connectivity index (χ2n) is 5.66. The number of nitrogens with zero attached hydrogens (tertiary/aromatic N) is 2. The third-order valence-electron chi connectivity index (χ3n) is 3.59. The van der Waals surface area contributed by atoms with Gasteiger partial charge in [0.2, 0.25) is 5.91 Å². The minimum absolute atomic E-state index is 0.0454. The molecule has 0 aliphatic heterocycles. The van der Waals surface area contributed by atoms with Crippen molar-refractivity contribution in [1.82, 2.24) is 4.90 Å². The fourth-order valence-electron chi connectivity index (χ4n) is 2.14. The Hall–Kier alpha value is -3.42. The van der Waals surface area contributed by atoms with Crippen LogP contribution in [0.1, 0.15) is 12.5 Å². The van der Waals surface area contributed by atoms with Crippen LogP contribution in [0.2, 0.25) is 0 Å². The molecule has 8 nitrogen and oxygen atoms in total. The number of nitro benzene ring substituents is 1. The number of rotatable bonds is 7. The fourth-order valence-corrected chi connectivity index (χ4v) is 2.14. The first-order valence-corrected chi connectivity index (χ1v) is 7.83. The average molecular weight is 357 g/mol. The molecule has 8 heteroatoms. The second kappa shape index (κ2) is 8.61. The highest BCUT2D eigenvalue weighted by molar-refractivity contribution is 5.91. The third kappa shape index (κ3) is 5.59. The molecule has 0 saturated heterocycles. The lowest BCUT2D eigenvalue weighted by molar-refractivity contribution is -0.384. The standard InChI is InChI=1S/C18H19N3O5/c1-13(22)20(2)11-14-4-3-5-15(10-14)19-18(23)12-26-17-8-6-16(7-9-17)21(24)25/h3-10H,11-12H2,1-2H3,(H,19,23). The minimum atomic E-state index is -0.507. The van der Waals surface area contributed by atoms with Gasteiger partial charge in [0.25, 0.3) is 11.6 Å². The highest BCUT2D eigenvalue weighted by Gasteiger charge is 2.08. The van der Waals surface area contributed by atoms with Crippen molar-refractivity contribution in [3.63, 3.8) is 0 Å². The van der Waals surface area contributed by atoms with Crippen LogP contribution in [-0.4, -0.2) is 35.3 Å². The summed E-state index contributed by atoms with van der Waals surface area (Å²) in [5.41, 5.74) is 1.43. The molecule has 2 aromatic carbocycles. The molecule has 0 radical (unpaired) electrons. The van der Waals surface area contributed by atoms with Crippen molar-refractivity contribution in [2.45, 2.75) is 13.5 Å². The Bertz CT molecular complexity index is 805. The van der Waals surface area contributed by atoms with E-state index in [4.69, 9.17) is 4.74 Å². The highest BCUT2D eigenvalue weighted by atomic mass is 16.6. The van der Waals surface area contributed by atoms with Gasteiger partial charge in [-0.3, -0.25) is 19.7 Å². The van der Waals surface area contributed by atoms with E-state index in [1.165, 1.54) is 31.2 Å². The van der Waals surface area contributed by atoms with Gasteiger partial charge in [0.15, 0.2) is 6.61 Å². The number of hydrogen-bond donors (Lipinski definition) is 1. The first kappa shape index (κ1) is 18.9. The third-order valence-corrected chi connectivity index (χ3v) is 3.59. The van der Waals surface area contributed by atoms with E-state index in [2.05, 4.69) is 5.32 Å². The van der Waals surface area contributed by atoms with Gasteiger partial charge in [-0.1, -0.05) is 12.1 Å². The number of amides is 2. The molecule has 1 N–H and O–H groups in total. The Kier molecular flexibility index (Phi) is 6.26. The second-order valence-corrected chi connectivity index (χ2v) is 5.66. The predicted octanol–water partition coefficient (Wildman–Crippen LogP) is 2.59. The minimum Gasteiger partial charge on any atom is -0.484 e. The summed E-state index contributed by atoms with van der Waals surface area (Å²) < 4.78 is 5.31. The van der Waals surface area contributed by atoms with Crippen molar-refractivity contribution >= 4 is 23.2 Å². The van der Waals surface area contributed by atoms with Gasteiger partial charge in [-0.05, 0) is 29.8 Å². The van der Waals surface area contributed by atoms with Crippen LogP contribution in [0.25, 0.3) is 0 Å². The maximum absolute atomic E-state index is 12.0. The number of ether oxygens (including phenoxy) is 1. The van der Waals surface area contributed by atoms with E-state index in [0.717, 1.165) is 5.56 Å². The number of benzene rings is 2. The molecule has 136 valence electrons. The summed E-state index contributed by atoms with van der Waals surface area (Å²) in [4.78, 5) is 34.9. The average Bonchev–Trinajstić information content (AvgIpc) is 2.60. The van der Waals surface area contributed by atoms with Crippen LogP contribution in [0, 0.1) is 10.1 Å². The lowest BCUT2D eigenvalue weighted by atomic mass is 10.2. The van der Waals surface area contributed by atoms with Crippen molar-refractivity contribution in [2.24, 2.45) is 0 Å². The van der Waals surface area contributed by atoms with Crippen LogP contribution in [0.15, 0.2) is 48.5 Å². The number of nitrogens with one attached hydrogen (secondary N) is 1. The normalized spacial score (nSPS) is 10.1. The zero-order valence-electron chi connectivity index (χ0n) is 14.5. The van der Waals surface area contributed by atoms with Crippen LogP contribution in [0.5, 0.6) is 5.75 Å². The van der Waals surface area contributed by atoms with Crippen LogP contribution in [-0.2, 0) is 16.1 Å². The van der Waals surface area contributed by atoms with Gasteiger partial charge in [0, 0.05) is 38.3 Å². The van der Waals surface area contributed by atoms with E-state index in [9.17, 15) is 19.7 Å². The van der Waals surface area contributed by atoms with Crippen LogP contribution >= 0.6 is 0 Å². The number of carbonyl (C=O) groups excluding carboxylic acids is 2. The first-order valence-electron chi connectivity index (χ1n) is 7.83. The molecule has 0 aliphatic rings. The van der Waals surface area contributed by atoms with Gasteiger partial charge in [-0.2, -0.15) is 0 Å². The van der Waals surface area contributed by atoms with E-state index in [-0.39, 0.29) is 24.1 Å². The summed E-state index contributed by atoms with van der Waals surface area (Å²) >= 11 is 0. The fraction of sp³-hybridized carbons (Fsp3) is 0.222. The summed E-state index contributed by atoms with van der Waals surface area (Å²) in [6.45, 7) is 1.70. The molecule has 0 fully saturated rings. The molecular weight excluding hydrogens is 338 g/mol. The van der Waals surface area contributed by atoms with Crippen molar-refractivity contribution in [1.29, 1.82) is 0 Å². The van der Waals surface area contributed by atoms with Crippen LogP contribution in [0.3, 0.4) is 0 Å². The number of nitro groups is 1. The Balaban J connectivity index is 1.89. The van der Waals surface area contributed by atoms with Gasteiger partial charge in [-0.15, -0.1) is 0 Å². The van der Waals surface area contributed by atoms with Crippen molar-refractivity contribution in [2.75, 3.05) is 19.0 Å². The van der Waals surface area contributed by atoms with Gasteiger partial charge in [0.05, 0.1) is 4.92 Å². The molecule has 2 rings (SSSR count). The van der Waals surface area contributed by atoms with Crippen molar-refractivity contribution in [3.8, 4) is 5.75 Å². The molecule has 0 spiro atoms. The predicted molar refractivity (Wildman–Crippen MR) is 95.8 cm³/mol. The summed E-state index contributed by atoms with van der Waals surface area (Å²) in [7, 11) is 1.70. The summed E-state index contributed by atoms with van der Waals surface area (Å²) in [6.07, 6.45) is 0. The molecular formula is C18H19N3O5. The monoisotopic (exact) mass is 357 g/mol. The van der Waals surface area contributed by atoms with Gasteiger partial charge in [0.1, 0.15) is 5.75 Å². The maximum Gasteiger partial charge on any atom is 0.269 e. The van der Waals surface area contributed by atoms with E-state index in [0.29, 0.717) is 18.0 Å². The molecule has 2 amide bonds. The van der Waals surface area contributed by atoms with Crippen molar-refractivity contribution < 1.29 is 19.2 Å². The molecule has 0 atom stereocenters. The summed E-state index contributed by atoms with van der Waals surface area (Å²) in [6, 6.07) is 12.7. The Morgan fingerprint density at radius 1 is 1.19 bits per heavy atom. The van der Waals surface area contributed by atoms with E-state index < -0.39 is 4.92 Å². The Morgan fingerprint density at radius 2 is 1.88 bits per heavy atom. The highest BCUT2D eigenvalue weighted by Crippen LogP contribution is 2.17. The molecule has 0 unspecified atom stereocenters. The largest absolute Gasteiger partial charge is 0.484 e. The maximum atomic E-state index is 12.0. The zero-order chi connectivity index (χ0) is 19.1. The molecule has 0 bridgehead atoms. The SMILES string of the molecule is CC(=O)N(C)Cc1cccc(NC(=O)COc2ccc([N+](=O)[O-])cc2)c1. The molecule has 26 heavy (non-hydrogen) atoms. The van der Waals surface area contributed by atoms with Crippen LogP contribution in [0.4, 0.5) is 11.4 Å². The topological polar surface area (TPSA) is 102 Å². The molecule has 0 heterocycles. The van der Waals surface area contributed by atoms with E-state index in [1.54, 1.807) is 30.1 Å². The van der Waals surface area contributed by atoms with Crippen LogP contribution < -0.4 is 10.1 Å². The van der Waals surface area contributed by atoms with E-state index in [1.807, 2.05) is 6.07 Å². The summed E-state index contributed by atoms with van der Waals surface area (Å²) in [5, 5.41) is 13.3. The lowest BCUT2D eigenvalue weighted by Crippen LogP contribution is -2.23. The smallest absolute Gasteiger partial charge is 0.269 e. The Labute approximate surface area is 150 Å². The van der Waals surface area contributed by atoms with Gasteiger partial charge < -0.3 is 15.0 Å². The molecule has 0 saturated carbocycles. The number of hydrogen-bond acceptors (Lipinski definition) is 5.